The van der Waals surface area contributed by atoms with Crippen molar-refractivity contribution in [1.29, 1.82) is 0 Å². The average molecular weight is 342 g/mol. The SMILES string of the molecule is Nc1cc(C(F)(F)F)ccc1/C(=C/c1ccc(Cl)cc1)C(=O)O. The van der Waals surface area contributed by atoms with Gasteiger partial charge >= 0.3 is 12.1 Å². The van der Waals surface area contributed by atoms with Gasteiger partial charge < -0.3 is 10.8 Å². The first-order valence-electron chi connectivity index (χ1n) is 6.36. The Bertz CT molecular complexity index is 768. The number of alkyl halides is 3. The van der Waals surface area contributed by atoms with Crippen molar-refractivity contribution in [3.63, 3.8) is 0 Å². The quantitative estimate of drug-likeness (QED) is 0.488. The zero-order valence-corrected chi connectivity index (χ0v) is 12.3. The molecule has 2 aromatic rings. The monoisotopic (exact) mass is 341 g/mol. The summed E-state index contributed by atoms with van der Waals surface area (Å²) < 4.78 is 37.9. The molecule has 0 aliphatic rings. The predicted molar refractivity (Wildman–Crippen MR) is 82.8 cm³/mol. The van der Waals surface area contributed by atoms with Gasteiger partial charge in [0.1, 0.15) is 0 Å². The summed E-state index contributed by atoms with van der Waals surface area (Å²) in [6.07, 6.45) is -3.23. The molecule has 0 aromatic heterocycles. The van der Waals surface area contributed by atoms with E-state index in [0.717, 1.165) is 12.1 Å². The highest BCUT2D eigenvalue weighted by Crippen LogP contribution is 2.33. The van der Waals surface area contributed by atoms with E-state index < -0.39 is 17.7 Å². The Balaban J connectivity index is 2.50. The summed E-state index contributed by atoms with van der Waals surface area (Å²) in [6.45, 7) is 0. The van der Waals surface area contributed by atoms with Gasteiger partial charge in [-0.3, -0.25) is 0 Å². The lowest BCUT2D eigenvalue weighted by molar-refractivity contribution is -0.137. The second-order valence-electron chi connectivity index (χ2n) is 4.71. The van der Waals surface area contributed by atoms with E-state index in [-0.39, 0.29) is 16.8 Å². The van der Waals surface area contributed by atoms with Crippen LogP contribution in [0.25, 0.3) is 11.6 Å². The van der Waals surface area contributed by atoms with Gasteiger partial charge in [0.2, 0.25) is 0 Å². The molecule has 0 amide bonds. The van der Waals surface area contributed by atoms with Crippen LogP contribution in [0.5, 0.6) is 0 Å². The van der Waals surface area contributed by atoms with Gasteiger partial charge in [0.25, 0.3) is 0 Å². The Morgan fingerprint density at radius 2 is 1.74 bits per heavy atom. The fourth-order valence-corrected chi connectivity index (χ4v) is 2.09. The lowest BCUT2D eigenvalue weighted by atomic mass is 9.99. The second-order valence-corrected chi connectivity index (χ2v) is 5.15. The van der Waals surface area contributed by atoms with Gasteiger partial charge in [-0.25, -0.2) is 4.79 Å². The molecule has 0 radical (unpaired) electrons. The van der Waals surface area contributed by atoms with Crippen LogP contribution >= 0.6 is 11.6 Å². The van der Waals surface area contributed by atoms with E-state index in [1.165, 1.54) is 6.08 Å². The molecular formula is C16H11ClF3NO2. The molecule has 0 heterocycles. The van der Waals surface area contributed by atoms with Crippen LogP contribution < -0.4 is 5.73 Å². The highest BCUT2D eigenvalue weighted by molar-refractivity contribution is 6.30. The zero-order chi connectivity index (χ0) is 17.2. The molecule has 120 valence electrons. The Labute approximate surface area is 134 Å². The van der Waals surface area contributed by atoms with Crippen molar-refractivity contribution in [3.8, 4) is 0 Å². The van der Waals surface area contributed by atoms with Gasteiger partial charge in [-0.15, -0.1) is 0 Å². The molecule has 0 spiro atoms. The maximum absolute atomic E-state index is 12.6. The highest BCUT2D eigenvalue weighted by atomic mass is 35.5. The van der Waals surface area contributed by atoms with Gasteiger partial charge in [0, 0.05) is 16.3 Å². The van der Waals surface area contributed by atoms with E-state index in [4.69, 9.17) is 17.3 Å². The molecule has 0 saturated carbocycles. The van der Waals surface area contributed by atoms with Crippen molar-refractivity contribution in [2.45, 2.75) is 6.18 Å². The number of aliphatic carboxylic acids is 1. The predicted octanol–water partition coefficient (Wildman–Crippen LogP) is 4.57. The van der Waals surface area contributed by atoms with Crippen molar-refractivity contribution >= 4 is 34.9 Å². The van der Waals surface area contributed by atoms with Crippen LogP contribution in [-0.2, 0) is 11.0 Å². The number of hydrogen-bond acceptors (Lipinski definition) is 2. The number of rotatable bonds is 3. The van der Waals surface area contributed by atoms with E-state index in [2.05, 4.69) is 0 Å². The topological polar surface area (TPSA) is 63.3 Å². The molecular weight excluding hydrogens is 331 g/mol. The first-order chi connectivity index (χ1) is 10.7. The third-order valence-corrected chi connectivity index (χ3v) is 3.33. The van der Waals surface area contributed by atoms with Crippen molar-refractivity contribution in [3.05, 3.63) is 64.2 Å². The highest BCUT2D eigenvalue weighted by Gasteiger charge is 2.31. The lowest BCUT2D eigenvalue weighted by Gasteiger charge is -2.11. The minimum absolute atomic E-state index is 0.0143. The first kappa shape index (κ1) is 16.9. The zero-order valence-electron chi connectivity index (χ0n) is 11.6. The average Bonchev–Trinajstić information content (AvgIpc) is 2.46. The van der Waals surface area contributed by atoms with Crippen molar-refractivity contribution in [2.24, 2.45) is 0 Å². The molecule has 3 nitrogen and oxygen atoms in total. The third-order valence-electron chi connectivity index (χ3n) is 3.08. The Morgan fingerprint density at radius 1 is 1.13 bits per heavy atom. The minimum atomic E-state index is -4.55. The summed E-state index contributed by atoms with van der Waals surface area (Å²) in [5.41, 5.74) is 4.75. The molecule has 23 heavy (non-hydrogen) atoms. The van der Waals surface area contributed by atoms with Crippen molar-refractivity contribution in [1.82, 2.24) is 0 Å². The molecule has 0 aliphatic heterocycles. The van der Waals surface area contributed by atoms with Gasteiger partial charge in [-0.2, -0.15) is 13.2 Å². The molecule has 0 atom stereocenters. The van der Waals surface area contributed by atoms with Crippen LogP contribution in [0, 0.1) is 0 Å². The van der Waals surface area contributed by atoms with E-state index in [9.17, 15) is 23.1 Å². The molecule has 2 rings (SSSR count). The van der Waals surface area contributed by atoms with Gasteiger partial charge in [-0.05, 0) is 35.9 Å². The second kappa shape index (κ2) is 6.34. The van der Waals surface area contributed by atoms with E-state index in [1.807, 2.05) is 0 Å². The maximum Gasteiger partial charge on any atom is 0.416 e. The number of halogens is 4. The number of nitrogens with two attached hydrogens (primary N) is 1. The fourth-order valence-electron chi connectivity index (χ4n) is 1.96. The van der Waals surface area contributed by atoms with Crippen LogP contribution in [0.3, 0.4) is 0 Å². The smallest absolute Gasteiger partial charge is 0.416 e. The Kier molecular flexibility index (Phi) is 4.65. The lowest BCUT2D eigenvalue weighted by Crippen LogP contribution is -2.08. The molecule has 0 fully saturated rings. The Hall–Kier alpha value is -2.47. The number of nitrogen functional groups attached to an aromatic ring is 1. The van der Waals surface area contributed by atoms with Crippen molar-refractivity contribution < 1.29 is 23.1 Å². The first-order valence-corrected chi connectivity index (χ1v) is 6.74. The third kappa shape index (κ3) is 4.04. The van der Waals surface area contributed by atoms with E-state index in [1.54, 1.807) is 24.3 Å². The number of carboxylic acids is 1. The summed E-state index contributed by atoms with van der Waals surface area (Å²) in [4.78, 5) is 11.4. The van der Waals surface area contributed by atoms with Gasteiger partial charge in [-0.1, -0.05) is 29.8 Å². The van der Waals surface area contributed by atoms with E-state index in [0.29, 0.717) is 16.7 Å². The molecule has 0 unspecified atom stereocenters. The summed E-state index contributed by atoms with van der Waals surface area (Å²) in [6, 6.07) is 8.88. The van der Waals surface area contributed by atoms with E-state index >= 15 is 0 Å². The minimum Gasteiger partial charge on any atom is -0.478 e. The van der Waals surface area contributed by atoms with Crippen LogP contribution in [-0.4, -0.2) is 11.1 Å². The molecule has 0 saturated heterocycles. The van der Waals surface area contributed by atoms with Crippen LogP contribution in [0.1, 0.15) is 16.7 Å². The Morgan fingerprint density at radius 3 is 2.22 bits per heavy atom. The van der Waals surface area contributed by atoms with Crippen LogP contribution in [0.4, 0.5) is 18.9 Å². The molecule has 3 N–H and O–H groups in total. The summed E-state index contributed by atoms with van der Waals surface area (Å²) >= 11 is 5.75. The number of carboxylic acid groups (broad SMARTS) is 1. The summed E-state index contributed by atoms with van der Waals surface area (Å²) in [5.74, 6) is -1.30. The summed E-state index contributed by atoms with van der Waals surface area (Å²) in [5, 5.41) is 9.80. The van der Waals surface area contributed by atoms with Crippen LogP contribution in [0.15, 0.2) is 42.5 Å². The number of carbonyl (C=O) groups is 1. The number of benzene rings is 2. The number of anilines is 1. The summed E-state index contributed by atoms with van der Waals surface area (Å²) in [7, 11) is 0. The normalized spacial score (nSPS) is 12.3. The molecule has 0 aliphatic carbocycles. The molecule has 0 bridgehead atoms. The fraction of sp³-hybridized carbons (Fsp3) is 0.0625. The standard InChI is InChI=1S/C16H11ClF3NO2/c17-11-4-1-9(2-5-11)7-13(15(22)23)12-6-3-10(8-14(12)21)16(18,19)20/h1-8H,21H2,(H,22,23)/b13-7-. The maximum atomic E-state index is 12.6. The van der Waals surface area contributed by atoms with Gasteiger partial charge in [0.15, 0.2) is 0 Å². The number of hydrogen-bond donors (Lipinski definition) is 2. The van der Waals surface area contributed by atoms with Crippen LogP contribution in [0.2, 0.25) is 5.02 Å². The van der Waals surface area contributed by atoms with Crippen molar-refractivity contribution in [2.75, 3.05) is 5.73 Å². The molecule has 2 aromatic carbocycles. The largest absolute Gasteiger partial charge is 0.478 e. The molecule has 7 heteroatoms. The van der Waals surface area contributed by atoms with Gasteiger partial charge in [0.05, 0.1) is 11.1 Å².